The molecule has 0 aromatic heterocycles. The van der Waals surface area contributed by atoms with E-state index in [9.17, 15) is 10.2 Å². The van der Waals surface area contributed by atoms with Crippen LogP contribution in [-0.2, 0) is 4.43 Å². The lowest BCUT2D eigenvalue weighted by molar-refractivity contribution is -0.119. The number of aliphatic hydroxyl groups is 2. The third-order valence-corrected chi connectivity index (χ3v) is 15.1. The van der Waals surface area contributed by atoms with Gasteiger partial charge in [0.25, 0.3) is 0 Å². The molecule has 27 heavy (non-hydrogen) atoms. The molecule has 3 fully saturated rings. The Kier molecular flexibility index (Phi) is 5.80. The Morgan fingerprint density at radius 3 is 2.07 bits per heavy atom. The summed E-state index contributed by atoms with van der Waals surface area (Å²) in [5, 5.41) is 22.5. The lowest BCUT2D eigenvalue weighted by atomic mass is 9.65. The van der Waals surface area contributed by atoms with Gasteiger partial charge in [-0.1, -0.05) is 54.0 Å². The number of rotatable bonds is 7. The van der Waals surface area contributed by atoms with Gasteiger partial charge in [-0.2, -0.15) is 0 Å². The first kappa shape index (κ1) is 21.5. The zero-order chi connectivity index (χ0) is 20.2. The first-order chi connectivity index (χ1) is 12.6. The van der Waals surface area contributed by atoms with Gasteiger partial charge in [0, 0.05) is 17.4 Å². The third-order valence-electron chi connectivity index (χ3n) is 9.02. The van der Waals surface area contributed by atoms with E-state index in [1.807, 2.05) is 0 Å². The van der Waals surface area contributed by atoms with Crippen LogP contribution < -0.4 is 0 Å². The Morgan fingerprint density at radius 1 is 1.04 bits per heavy atom. The number of aliphatic hydroxyl groups excluding tert-OH is 2. The van der Waals surface area contributed by atoms with Crippen LogP contribution in [0.2, 0.25) is 16.6 Å². The summed E-state index contributed by atoms with van der Waals surface area (Å²) in [6, 6.07) is 0. The zero-order valence-electron chi connectivity index (χ0n) is 18.4. The van der Waals surface area contributed by atoms with Crippen molar-refractivity contribution in [1.29, 1.82) is 0 Å². The van der Waals surface area contributed by atoms with Crippen molar-refractivity contribution in [2.75, 3.05) is 6.61 Å². The molecule has 3 nitrogen and oxygen atoms in total. The standard InChI is InChI=1S/C23H42O3Si/c1-8-18-19-11-13-22(18,21(25)23(19)12-9-10-20(23)24)14-26-27(15(2)3,16(4)5)17(6)7/h8,15-21,24-25H,1,9-14H2,2-7H3/t18-,19+,20-,21-,22+,23?/m0/s1. The van der Waals surface area contributed by atoms with Crippen molar-refractivity contribution < 1.29 is 14.6 Å². The van der Waals surface area contributed by atoms with E-state index >= 15 is 0 Å². The van der Waals surface area contributed by atoms with Gasteiger partial charge in [0.1, 0.15) is 0 Å². The molecule has 0 saturated heterocycles. The van der Waals surface area contributed by atoms with Crippen LogP contribution in [0.3, 0.4) is 0 Å². The van der Waals surface area contributed by atoms with Gasteiger partial charge in [-0.05, 0) is 54.1 Å². The van der Waals surface area contributed by atoms with Gasteiger partial charge in [0.05, 0.1) is 12.2 Å². The molecule has 0 radical (unpaired) electrons. The smallest absolute Gasteiger partial charge is 0.200 e. The van der Waals surface area contributed by atoms with Gasteiger partial charge >= 0.3 is 0 Å². The largest absolute Gasteiger partial charge is 0.415 e. The van der Waals surface area contributed by atoms with Gasteiger partial charge < -0.3 is 14.6 Å². The quantitative estimate of drug-likeness (QED) is 0.456. The fourth-order valence-electron chi connectivity index (χ4n) is 8.03. The van der Waals surface area contributed by atoms with Gasteiger partial charge in [0.2, 0.25) is 0 Å². The minimum Gasteiger partial charge on any atom is -0.415 e. The molecule has 0 aromatic carbocycles. The first-order valence-corrected chi connectivity index (χ1v) is 13.4. The van der Waals surface area contributed by atoms with Crippen molar-refractivity contribution in [3.05, 3.63) is 12.7 Å². The SMILES string of the molecule is C=C[C@H]1[C@H]2CC[C@]1(CO[Si](C(C)C)(C(C)C)C(C)C)[C@H](O)C21CCC[C@@H]1O. The van der Waals surface area contributed by atoms with Gasteiger partial charge in [0.15, 0.2) is 8.32 Å². The van der Waals surface area contributed by atoms with Crippen LogP contribution in [0.5, 0.6) is 0 Å². The highest BCUT2D eigenvalue weighted by Crippen LogP contribution is 2.71. The summed E-state index contributed by atoms with van der Waals surface area (Å²) in [5.74, 6) is 0.623. The third kappa shape index (κ3) is 2.69. The summed E-state index contributed by atoms with van der Waals surface area (Å²) in [7, 11) is -1.99. The van der Waals surface area contributed by atoms with E-state index in [-0.39, 0.29) is 22.9 Å². The molecule has 1 spiro atoms. The van der Waals surface area contributed by atoms with Crippen molar-refractivity contribution >= 4 is 8.32 Å². The van der Waals surface area contributed by atoms with E-state index in [2.05, 4.69) is 54.2 Å². The Balaban J connectivity index is 1.94. The van der Waals surface area contributed by atoms with Crippen molar-refractivity contribution in [3.8, 4) is 0 Å². The average Bonchev–Trinajstić information content (AvgIpc) is 3.19. The number of hydrogen-bond donors (Lipinski definition) is 2. The van der Waals surface area contributed by atoms with Crippen molar-refractivity contribution in [1.82, 2.24) is 0 Å². The Labute approximate surface area is 167 Å². The summed E-state index contributed by atoms with van der Waals surface area (Å²) < 4.78 is 7.01. The van der Waals surface area contributed by atoms with Gasteiger partial charge in [-0.15, -0.1) is 6.58 Å². The molecule has 2 N–H and O–H groups in total. The highest BCUT2D eigenvalue weighted by Gasteiger charge is 2.72. The molecule has 0 heterocycles. The van der Waals surface area contributed by atoms with Crippen molar-refractivity contribution in [2.45, 2.75) is 102 Å². The second-order valence-electron chi connectivity index (χ2n) is 10.7. The van der Waals surface area contributed by atoms with E-state index in [1.165, 1.54) is 0 Å². The second kappa shape index (κ2) is 7.27. The van der Waals surface area contributed by atoms with E-state index in [4.69, 9.17) is 4.43 Å². The molecule has 3 saturated carbocycles. The van der Waals surface area contributed by atoms with Crippen LogP contribution in [0.4, 0.5) is 0 Å². The summed E-state index contributed by atoms with van der Waals surface area (Å²) in [6.45, 7) is 18.7. The lowest BCUT2D eigenvalue weighted by Gasteiger charge is -2.48. The van der Waals surface area contributed by atoms with Gasteiger partial charge in [-0.25, -0.2) is 0 Å². The van der Waals surface area contributed by atoms with Crippen LogP contribution in [0, 0.1) is 22.7 Å². The predicted octanol–water partition coefficient (Wildman–Crippen LogP) is 5.28. The topological polar surface area (TPSA) is 49.7 Å². The molecule has 0 aliphatic heterocycles. The summed E-state index contributed by atoms with van der Waals surface area (Å²) in [5.41, 5.74) is 1.04. The monoisotopic (exact) mass is 394 g/mol. The van der Waals surface area contributed by atoms with Crippen LogP contribution in [0.25, 0.3) is 0 Å². The van der Waals surface area contributed by atoms with Crippen LogP contribution in [0.15, 0.2) is 12.7 Å². The Hall–Kier alpha value is -0.163. The maximum atomic E-state index is 11.6. The van der Waals surface area contributed by atoms with Crippen LogP contribution in [-0.4, -0.2) is 37.3 Å². The molecule has 3 aliphatic rings. The van der Waals surface area contributed by atoms with E-state index in [0.717, 1.165) is 32.1 Å². The number of allylic oxidation sites excluding steroid dienone is 1. The molecule has 3 rings (SSSR count). The fourth-order valence-corrected chi connectivity index (χ4v) is 13.5. The average molecular weight is 395 g/mol. The molecule has 1 unspecified atom stereocenters. The van der Waals surface area contributed by atoms with Crippen molar-refractivity contribution in [3.63, 3.8) is 0 Å². The maximum absolute atomic E-state index is 11.6. The number of fused-ring (bicyclic) bond motifs is 3. The molecular formula is C23H42O3Si. The van der Waals surface area contributed by atoms with Crippen molar-refractivity contribution in [2.24, 2.45) is 22.7 Å². The second-order valence-corrected chi connectivity index (χ2v) is 16.1. The van der Waals surface area contributed by atoms with E-state index in [0.29, 0.717) is 29.1 Å². The minimum atomic E-state index is -1.99. The minimum absolute atomic E-state index is 0.255. The van der Waals surface area contributed by atoms with Crippen LogP contribution >= 0.6 is 0 Å². The van der Waals surface area contributed by atoms with Gasteiger partial charge in [-0.3, -0.25) is 0 Å². The maximum Gasteiger partial charge on any atom is 0.200 e. The Bertz CT molecular complexity index is 538. The molecular weight excluding hydrogens is 352 g/mol. The summed E-state index contributed by atoms with van der Waals surface area (Å²) in [4.78, 5) is 0. The Morgan fingerprint density at radius 2 is 1.63 bits per heavy atom. The molecule has 0 amide bonds. The highest BCUT2D eigenvalue weighted by molar-refractivity contribution is 6.77. The first-order valence-electron chi connectivity index (χ1n) is 11.2. The summed E-state index contributed by atoms with van der Waals surface area (Å²) in [6.07, 6.45) is 6.14. The molecule has 156 valence electrons. The van der Waals surface area contributed by atoms with E-state index in [1.54, 1.807) is 0 Å². The predicted molar refractivity (Wildman–Crippen MR) is 114 cm³/mol. The highest BCUT2D eigenvalue weighted by atomic mass is 28.4. The summed E-state index contributed by atoms with van der Waals surface area (Å²) >= 11 is 0. The lowest BCUT2D eigenvalue weighted by Crippen LogP contribution is -2.54. The van der Waals surface area contributed by atoms with E-state index < -0.39 is 14.4 Å². The normalized spacial score (nSPS) is 41.6. The fraction of sp³-hybridized carbons (Fsp3) is 0.913. The molecule has 0 aromatic rings. The number of hydrogen-bond acceptors (Lipinski definition) is 3. The zero-order valence-corrected chi connectivity index (χ0v) is 19.4. The molecule has 6 atom stereocenters. The molecule has 3 aliphatic carbocycles. The molecule has 2 bridgehead atoms. The van der Waals surface area contributed by atoms with Crippen LogP contribution in [0.1, 0.15) is 73.6 Å². The molecule has 4 heteroatoms.